The second-order valence-corrected chi connectivity index (χ2v) is 15.9. The number of carbonyl (C=O) groups is 2. The van der Waals surface area contributed by atoms with Crippen molar-refractivity contribution in [2.24, 2.45) is 0 Å². The van der Waals surface area contributed by atoms with E-state index < -0.39 is 18.4 Å². The summed E-state index contributed by atoms with van der Waals surface area (Å²) in [7, 11) is 1.40. The van der Waals surface area contributed by atoms with Crippen LogP contribution < -0.4 is 4.74 Å². The Hall–Kier alpha value is -4.42. The fraction of sp³-hybridized carbons (Fsp3) is 0.490. The minimum absolute atomic E-state index is 0.157. The highest BCUT2D eigenvalue weighted by molar-refractivity contribution is 5.99. The van der Waals surface area contributed by atoms with Crippen LogP contribution in [0.2, 0.25) is 0 Å². The first-order chi connectivity index (χ1) is 27.2. The van der Waals surface area contributed by atoms with Gasteiger partial charge in [0.05, 0.1) is 0 Å². The number of allylic oxidation sites excluding steroid dienone is 14. The molecule has 0 saturated carbocycles. The molecule has 2 aromatic rings. The first-order valence-corrected chi connectivity index (χ1v) is 20.9. The molecule has 6 heteroatoms. The zero-order valence-electron chi connectivity index (χ0n) is 36.9. The molecule has 57 heavy (non-hydrogen) atoms. The van der Waals surface area contributed by atoms with Gasteiger partial charge in [-0.15, -0.1) is 0 Å². The van der Waals surface area contributed by atoms with Crippen LogP contribution in [-0.2, 0) is 25.5 Å². The molecule has 0 aliphatic carbocycles. The van der Waals surface area contributed by atoms with E-state index in [0.717, 1.165) is 70.6 Å². The summed E-state index contributed by atoms with van der Waals surface area (Å²) in [6.07, 6.45) is 29.4. The van der Waals surface area contributed by atoms with Gasteiger partial charge in [0, 0.05) is 23.4 Å². The maximum absolute atomic E-state index is 12.8. The van der Waals surface area contributed by atoms with Crippen molar-refractivity contribution >= 4 is 22.7 Å². The van der Waals surface area contributed by atoms with Gasteiger partial charge in [0.25, 0.3) is 0 Å². The molecule has 0 radical (unpaired) electrons. The lowest BCUT2D eigenvalue weighted by Gasteiger charge is -2.17. The Labute approximate surface area is 345 Å². The highest BCUT2D eigenvalue weighted by Crippen LogP contribution is 2.40. The van der Waals surface area contributed by atoms with E-state index in [9.17, 15) is 14.7 Å². The number of phenols is 1. The van der Waals surface area contributed by atoms with Gasteiger partial charge in [0.15, 0.2) is 6.79 Å². The normalized spacial score (nSPS) is 13.3. The average molecular weight is 781 g/mol. The number of hydrogen-bond donors (Lipinski definition) is 1. The number of benzene rings is 2. The number of methoxy groups -OCH3 is 1. The molecule has 6 nitrogen and oxygen atoms in total. The van der Waals surface area contributed by atoms with Crippen molar-refractivity contribution in [3.8, 4) is 11.5 Å². The zero-order valence-corrected chi connectivity index (χ0v) is 36.9. The van der Waals surface area contributed by atoms with E-state index in [-0.39, 0.29) is 12.5 Å². The van der Waals surface area contributed by atoms with Crippen molar-refractivity contribution in [3.05, 3.63) is 117 Å². The summed E-state index contributed by atoms with van der Waals surface area (Å²) in [6, 6.07) is 7.24. The van der Waals surface area contributed by atoms with Crippen LogP contribution >= 0.6 is 0 Å². The molecule has 312 valence electrons. The van der Waals surface area contributed by atoms with Gasteiger partial charge in [-0.25, -0.2) is 0 Å². The Bertz CT molecular complexity index is 1820. The summed E-state index contributed by atoms with van der Waals surface area (Å²) in [6.45, 7) is 19.3. The molecule has 0 unspecified atom stereocenters. The maximum Gasteiger partial charge on any atom is 0.322 e. The molecule has 0 amide bonds. The van der Waals surface area contributed by atoms with Crippen molar-refractivity contribution in [3.63, 3.8) is 0 Å². The van der Waals surface area contributed by atoms with Gasteiger partial charge in [-0.3, -0.25) is 9.59 Å². The molecule has 2 rings (SSSR count). The third kappa shape index (κ3) is 20.0. The van der Waals surface area contributed by atoms with Crippen LogP contribution in [0.25, 0.3) is 10.8 Å². The highest BCUT2D eigenvalue weighted by Gasteiger charge is 2.21. The SMILES string of the molecule is COCOC(=O)CC(=O)Oc1c(C/C=C(\C)CC/C=C(\C)CC/C=C(\C)CC/C=C(\C)CC/C=C(\C)CC/C=C(\C)CCC=C(C)C)c(C)c(O)c2ccccc12. The van der Waals surface area contributed by atoms with Crippen LogP contribution in [0.4, 0.5) is 0 Å². The lowest BCUT2D eigenvalue weighted by Crippen LogP contribution is -2.18. The van der Waals surface area contributed by atoms with Gasteiger partial charge in [-0.05, 0) is 151 Å². The topological polar surface area (TPSA) is 82.1 Å². The maximum atomic E-state index is 12.8. The lowest BCUT2D eigenvalue weighted by molar-refractivity contribution is -0.158. The summed E-state index contributed by atoms with van der Waals surface area (Å²) in [4.78, 5) is 24.8. The number of rotatable bonds is 25. The molecule has 0 saturated heterocycles. The average Bonchev–Trinajstić information content (AvgIpc) is 3.15. The van der Waals surface area contributed by atoms with Crippen LogP contribution in [0, 0.1) is 6.92 Å². The summed E-state index contributed by atoms with van der Waals surface area (Å²) < 4.78 is 15.4. The van der Waals surface area contributed by atoms with Crippen molar-refractivity contribution in [1.82, 2.24) is 0 Å². The number of esters is 2. The Morgan fingerprint density at radius 3 is 1.40 bits per heavy atom. The first kappa shape index (κ1) is 48.7. The molecule has 2 aromatic carbocycles. The molecule has 0 atom stereocenters. The van der Waals surface area contributed by atoms with Crippen LogP contribution in [0.1, 0.15) is 150 Å². The zero-order chi connectivity index (χ0) is 42.2. The van der Waals surface area contributed by atoms with Gasteiger partial charge in [0.1, 0.15) is 17.9 Å². The second kappa shape index (κ2) is 27.3. The smallest absolute Gasteiger partial charge is 0.322 e. The van der Waals surface area contributed by atoms with Gasteiger partial charge >= 0.3 is 11.9 Å². The van der Waals surface area contributed by atoms with E-state index in [1.807, 2.05) is 19.1 Å². The molecule has 0 heterocycles. The van der Waals surface area contributed by atoms with E-state index in [1.165, 1.54) is 52.5 Å². The molecule has 0 aliphatic heterocycles. The Balaban J connectivity index is 1.82. The molecule has 0 bridgehead atoms. The Kier molecular flexibility index (Phi) is 23.3. The minimum Gasteiger partial charge on any atom is -0.507 e. The van der Waals surface area contributed by atoms with Crippen molar-refractivity contribution in [2.75, 3.05) is 13.9 Å². The lowest BCUT2D eigenvalue weighted by atomic mass is 9.95. The van der Waals surface area contributed by atoms with E-state index >= 15 is 0 Å². The third-order valence-corrected chi connectivity index (χ3v) is 10.3. The van der Waals surface area contributed by atoms with Crippen molar-refractivity contribution in [1.29, 1.82) is 0 Å². The quantitative estimate of drug-likeness (QED) is 0.0355. The predicted octanol–water partition coefficient (Wildman–Crippen LogP) is 14.2. The van der Waals surface area contributed by atoms with Crippen LogP contribution in [0.5, 0.6) is 11.5 Å². The van der Waals surface area contributed by atoms with Crippen molar-refractivity contribution in [2.45, 2.75) is 152 Å². The van der Waals surface area contributed by atoms with Crippen LogP contribution in [0.3, 0.4) is 0 Å². The molecule has 0 aliphatic rings. The molecule has 1 N–H and O–H groups in total. The summed E-state index contributed by atoms with van der Waals surface area (Å²) >= 11 is 0. The van der Waals surface area contributed by atoms with E-state index in [2.05, 4.69) is 97.9 Å². The third-order valence-electron chi connectivity index (χ3n) is 10.3. The van der Waals surface area contributed by atoms with E-state index in [1.54, 1.807) is 12.1 Å². The summed E-state index contributed by atoms with van der Waals surface area (Å²) in [5.41, 5.74) is 11.3. The standard InChI is InChI=1S/C51H72O6/c1-37(2)19-13-20-38(3)21-14-22-39(4)23-15-24-40(5)25-16-26-41(6)27-17-28-42(7)29-18-30-43(8)33-34-45-44(9)50(54)46-31-11-12-32-47(46)51(45)57-49(53)35-48(52)56-36-55-10/h11-12,19,21,23,25,27,29,31-33,54H,13-18,20,22,24,26,28,30,34-36H2,1-10H3/b38-21+,39-23+,40-25+,41-27+,42-29+,43-33+. The second-order valence-electron chi connectivity index (χ2n) is 15.9. The Morgan fingerprint density at radius 2 is 0.982 bits per heavy atom. The summed E-state index contributed by atoms with van der Waals surface area (Å²) in [5, 5.41) is 12.2. The monoisotopic (exact) mass is 781 g/mol. The number of fused-ring (bicyclic) bond motifs is 1. The number of ether oxygens (including phenoxy) is 3. The van der Waals surface area contributed by atoms with Crippen LogP contribution in [-0.4, -0.2) is 30.9 Å². The number of carbonyl (C=O) groups excluding carboxylic acids is 2. The fourth-order valence-electron chi connectivity index (χ4n) is 6.58. The van der Waals surface area contributed by atoms with Gasteiger partial charge in [0.2, 0.25) is 0 Å². The fourth-order valence-corrected chi connectivity index (χ4v) is 6.58. The Morgan fingerprint density at radius 1 is 0.579 bits per heavy atom. The molecule has 0 spiro atoms. The molecular formula is C51H72O6. The number of hydrogen-bond acceptors (Lipinski definition) is 6. The minimum atomic E-state index is -0.730. The van der Waals surface area contributed by atoms with E-state index in [4.69, 9.17) is 14.2 Å². The van der Waals surface area contributed by atoms with Crippen molar-refractivity contribution < 1.29 is 28.9 Å². The van der Waals surface area contributed by atoms with E-state index in [0.29, 0.717) is 34.1 Å². The number of phenolic OH excluding ortho intramolecular Hbond substituents is 1. The first-order valence-electron chi connectivity index (χ1n) is 20.9. The highest BCUT2D eigenvalue weighted by atomic mass is 16.7. The predicted molar refractivity (Wildman–Crippen MR) is 240 cm³/mol. The molecule has 0 fully saturated rings. The van der Waals surface area contributed by atoms with Crippen LogP contribution in [0.15, 0.2) is 106 Å². The number of aromatic hydroxyl groups is 1. The van der Waals surface area contributed by atoms with Gasteiger partial charge < -0.3 is 19.3 Å². The molecular weight excluding hydrogens is 709 g/mol. The summed E-state index contributed by atoms with van der Waals surface area (Å²) in [5.74, 6) is -0.947. The largest absolute Gasteiger partial charge is 0.507 e. The van der Waals surface area contributed by atoms with Gasteiger partial charge in [-0.1, -0.05) is 106 Å². The van der Waals surface area contributed by atoms with Gasteiger partial charge in [-0.2, -0.15) is 0 Å². The molecule has 0 aromatic heterocycles.